The average molecular weight is 180 g/mol. The fourth-order valence-electron chi connectivity index (χ4n) is 1.08. The summed E-state index contributed by atoms with van der Waals surface area (Å²) in [5.74, 6) is -0.149. The molecule has 1 aliphatic rings. The molecule has 0 aromatic rings. The maximum atomic E-state index is 11.1. The van der Waals surface area contributed by atoms with Crippen molar-refractivity contribution in [1.29, 1.82) is 0 Å². The summed E-state index contributed by atoms with van der Waals surface area (Å²) in [6.07, 6.45) is 7.12. The molecule has 0 heterocycles. The molecule has 0 spiro atoms. The van der Waals surface area contributed by atoms with Gasteiger partial charge < -0.3 is 10.2 Å². The highest BCUT2D eigenvalue weighted by molar-refractivity contribution is 6.06. The van der Waals surface area contributed by atoms with Crippen molar-refractivity contribution in [1.82, 2.24) is 0 Å². The Morgan fingerprint density at radius 3 is 2.69 bits per heavy atom. The van der Waals surface area contributed by atoms with Crippen molar-refractivity contribution in [3.8, 4) is 0 Å². The maximum absolute atomic E-state index is 11.1. The Bertz CT molecular complexity index is 285. The van der Waals surface area contributed by atoms with Crippen LogP contribution in [0.3, 0.4) is 0 Å². The lowest BCUT2D eigenvalue weighted by atomic mass is 10.0. The predicted octanol–water partition coefficient (Wildman–Crippen LogP) is 0.353. The number of carbonyl (C=O) groups is 1. The predicted molar refractivity (Wildman–Crippen MR) is 49.1 cm³/mol. The molecule has 0 amide bonds. The van der Waals surface area contributed by atoms with Crippen LogP contribution in [0, 0.1) is 0 Å². The van der Waals surface area contributed by atoms with Crippen molar-refractivity contribution < 1.29 is 15.0 Å². The largest absolute Gasteiger partial charge is 0.396 e. The monoisotopic (exact) mass is 180 g/mol. The van der Waals surface area contributed by atoms with Crippen molar-refractivity contribution in [2.45, 2.75) is 6.42 Å². The molecule has 0 radical (unpaired) electrons. The lowest BCUT2D eigenvalue weighted by molar-refractivity contribution is -0.111. The van der Waals surface area contributed by atoms with Crippen molar-refractivity contribution in [3.05, 3.63) is 35.5 Å². The van der Waals surface area contributed by atoms with E-state index >= 15 is 0 Å². The SMILES string of the molecule is O=C1C=CC(=CCCO)C=C1CO. The molecule has 0 fully saturated rings. The zero-order valence-corrected chi connectivity index (χ0v) is 7.23. The smallest absolute Gasteiger partial charge is 0.184 e. The van der Waals surface area contributed by atoms with Gasteiger partial charge in [-0.3, -0.25) is 4.79 Å². The Morgan fingerprint density at radius 2 is 2.08 bits per heavy atom. The summed E-state index contributed by atoms with van der Waals surface area (Å²) >= 11 is 0. The van der Waals surface area contributed by atoms with Gasteiger partial charge in [-0.15, -0.1) is 0 Å². The summed E-state index contributed by atoms with van der Waals surface area (Å²) in [5, 5.41) is 17.4. The summed E-state index contributed by atoms with van der Waals surface area (Å²) in [6, 6.07) is 0. The number of hydrogen-bond acceptors (Lipinski definition) is 3. The minimum absolute atomic E-state index is 0.0909. The van der Waals surface area contributed by atoms with Crippen LogP contribution in [0.1, 0.15) is 6.42 Å². The molecule has 0 aromatic heterocycles. The van der Waals surface area contributed by atoms with E-state index in [-0.39, 0.29) is 19.0 Å². The van der Waals surface area contributed by atoms with Crippen LogP contribution in [0.4, 0.5) is 0 Å². The van der Waals surface area contributed by atoms with Crippen LogP contribution < -0.4 is 0 Å². The molecule has 0 bridgehead atoms. The van der Waals surface area contributed by atoms with Gasteiger partial charge in [0.25, 0.3) is 0 Å². The normalized spacial score (nSPS) is 19.4. The highest BCUT2D eigenvalue weighted by Crippen LogP contribution is 2.12. The summed E-state index contributed by atoms with van der Waals surface area (Å²) in [4.78, 5) is 11.1. The van der Waals surface area contributed by atoms with Crippen molar-refractivity contribution in [2.75, 3.05) is 13.2 Å². The Labute approximate surface area is 76.7 Å². The number of aliphatic hydroxyl groups excluding tert-OH is 2. The molecule has 13 heavy (non-hydrogen) atoms. The van der Waals surface area contributed by atoms with E-state index in [2.05, 4.69) is 0 Å². The first-order valence-corrected chi connectivity index (χ1v) is 4.13. The van der Waals surface area contributed by atoms with Gasteiger partial charge in [-0.25, -0.2) is 0 Å². The Kier molecular flexibility index (Phi) is 3.61. The first kappa shape index (κ1) is 9.89. The molecule has 0 unspecified atom stereocenters. The zero-order chi connectivity index (χ0) is 9.68. The van der Waals surface area contributed by atoms with E-state index in [1.807, 2.05) is 6.08 Å². The van der Waals surface area contributed by atoms with E-state index in [1.165, 1.54) is 6.08 Å². The van der Waals surface area contributed by atoms with E-state index < -0.39 is 0 Å². The second-order valence-corrected chi connectivity index (χ2v) is 2.74. The highest BCUT2D eigenvalue weighted by Gasteiger charge is 2.09. The van der Waals surface area contributed by atoms with Gasteiger partial charge in [0.2, 0.25) is 0 Å². The van der Waals surface area contributed by atoms with Crippen LogP contribution in [0.5, 0.6) is 0 Å². The van der Waals surface area contributed by atoms with Crippen molar-refractivity contribution >= 4 is 5.78 Å². The molecule has 3 heteroatoms. The molecule has 0 aromatic carbocycles. The fraction of sp³-hybridized carbons (Fsp3) is 0.300. The molecule has 3 nitrogen and oxygen atoms in total. The van der Waals surface area contributed by atoms with Crippen molar-refractivity contribution in [2.24, 2.45) is 0 Å². The lowest BCUT2D eigenvalue weighted by Crippen LogP contribution is -2.06. The standard InChI is InChI=1S/C10H12O3/c11-5-1-2-8-3-4-10(13)9(6-8)7-12/h2-4,6,11-12H,1,5,7H2. The molecule has 0 saturated carbocycles. The van der Waals surface area contributed by atoms with Gasteiger partial charge in [-0.2, -0.15) is 0 Å². The van der Waals surface area contributed by atoms with E-state index in [4.69, 9.17) is 10.2 Å². The molecular formula is C10H12O3. The molecular weight excluding hydrogens is 168 g/mol. The second-order valence-electron chi connectivity index (χ2n) is 2.74. The average Bonchev–Trinajstić information content (AvgIpc) is 2.16. The highest BCUT2D eigenvalue weighted by atomic mass is 16.3. The first-order chi connectivity index (χ1) is 6.27. The number of allylic oxidation sites excluding steroid dienone is 4. The van der Waals surface area contributed by atoms with E-state index in [1.54, 1.807) is 12.2 Å². The third kappa shape index (κ3) is 2.65. The first-order valence-electron chi connectivity index (χ1n) is 4.13. The summed E-state index contributed by atoms with van der Waals surface area (Å²) < 4.78 is 0. The van der Waals surface area contributed by atoms with Gasteiger partial charge >= 0.3 is 0 Å². The lowest BCUT2D eigenvalue weighted by Gasteiger charge is -2.05. The third-order valence-corrected chi connectivity index (χ3v) is 1.76. The molecule has 1 aliphatic carbocycles. The Balaban J connectivity index is 2.76. The minimum Gasteiger partial charge on any atom is -0.396 e. The van der Waals surface area contributed by atoms with Crippen LogP contribution in [-0.2, 0) is 4.79 Å². The van der Waals surface area contributed by atoms with Crippen molar-refractivity contribution in [3.63, 3.8) is 0 Å². The van der Waals surface area contributed by atoms with E-state index in [9.17, 15) is 4.79 Å². The van der Waals surface area contributed by atoms with Crippen LogP contribution >= 0.6 is 0 Å². The number of hydrogen-bond donors (Lipinski definition) is 2. The van der Waals surface area contributed by atoms with Crippen LogP contribution in [0.2, 0.25) is 0 Å². The second kappa shape index (κ2) is 4.74. The molecule has 0 atom stereocenters. The number of rotatable bonds is 3. The summed E-state index contributed by atoms with van der Waals surface area (Å²) in [6.45, 7) is -0.146. The fourth-order valence-corrected chi connectivity index (χ4v) is 1.08. The number of ketones is 1. The van der Waals surface area contributed by atoms with Gasteiger partial charge in [0.05, 0.1) is 6.61 Å². The maximum Gasteiger partial charge on any atom is 0.184 e. The molecule has 0 saturated heterocycles. The van der Waals surface area contributed by atoms with E-state index in [0.717, 1.165) is 5.57 Å². The van der Waals surface area contributed by atoms with Gasteiger partial charge in [0.1, 0.15) is 0 Å². The van der Waals surface area contributed by atoms with Crippen LogP contribution in [0.15, 0.2) is 35.5 Å². The molecule has 70 valence electrons. The van der Waals surface area contributed by atoms with Crippen LogP contribution in [0.25, 0.3) is 0 Å². The minimum atomic E-state index is -0.236. The molecule has 1 rings (SSSR count). The molecule has 0 aliphatic heterocycles. The summed E-state index contributed by atoms with van der Waals surface area (Å²) in [5.41, 5.74) is 1.25. The topological polar surface area (TPSA) is 57.5 Å². The van der Waals surface area contributed by atoms with Gasteiger partial charge in [-0.05, 0) is 24.1 Å². The number of aliphatic hydroxyl groups is 2. The quantitative estimate of drug-likeness (QED) is 0.659. The van der Waals surface area contributed by atoms with Gasteiger partial charge in [-0.1, -0.05) is 12.2 Å². The van der Waals surface area contributed by atoms with Gasteiger partial charge in [0.15, 0.2) is 5.78 Å². The summed E-state index contributed by atoms with van der Waals surface area (Å²) in [7, 11) is 0. The molecule has 2 N–H and O–H groups in total. The van der Waals surface area contributed by atoms with Crippen LogP contribution in [-0.4, -0.2) is 29.2 Å². The third-order valence-electron chi connectivity index (χ3n) is 1.76. The zero-order valence-electron chi connectivity index (χ0n) is 7.23. The van der Waals surface area contributed by atoms with Gasteiger partial charge in [0, 0.05) is 12.2 Å². The number of carbonyl (C=O) groups excluding carboxylic acids is 1. The van der Waals surface area contributed by atoms with E-state index in [0.29, 0.717) is 12.0 Å². The Morgan fingerprint density at radius 1 is 1.31 bits per heavy atom. The Hall–Kier alpha value is -1.19.